The molecule has 2 nitrogen and oxygen atoms in total. The number of ether oxygens (including phenoxy) is 1. The van der Waals surface area contributed by atoms with Crippen LogP contribution in [-0.2, 0) is 5.41 Å². The van der Waals surface area contributed by atoms with Crippen LogP contribution in [0.2, 0.25) is 0 Å². The van der Waals surface area contributed by atoms with Gasteiger partial charge in [-0.25, -0.2) is 0 Å². The van der Waals surface area contributed by atoms with Crippen molar-refractivity contribution in [3.63, 3.8) is 0 Å². The molecule has 0 unspecified atom stereocenters. The monoisotopic (exact) mass is 257 g/mol. The number of rotatable bonds is 1. The number of methoxy groups -OCH3 is 1. The molecule has 0 saturated heterocycles. The summed E-state index contributed by atoms with van der Waals surface area (Å²) in [7, 11) is 1.72. The number of fused-ring (bicyclic) bond motifs is 1. The molecule has 3 heteroatoms. The molecule has 0 spiro atoms. The molecule has 1 aliphatic heterocycles. The Morgan fingerprint density at radius 3 is 2.93 bits per heavy atom. The van der Waals surface area contributed by atoms with E-state index >= 15 is 0 Å². The second kappa shape index (κ2) is 3.58. The van der Waals surface area contributed by atoms with Crippen LogP contribution in [0.4, 0.5) is 0 Å². The maximum absolute atomic E-state index is 5.26. The van der Waals surface area contributed by atoms with E-state index in [-0.39, 0.29) is 5.41 Å². The zero-order chi connectivity index (χ0) is 10.2. The maximum atomic E-state index is 5.26. The summed E-state index contributed by atoms with van der Waals surface area (Å²) in [6.45, 7) is 5.61. The Bertz CT molecular complexity index is 349. The summed E-state index contributed by atoms with van der Waals surface area (Å²) in [4.78, 5) is 0. The van der Waals surface area contributed by atoms with Crippen LogP contribution < -0.4 is 13.5 Å². The average molecular weight is 256 g/mol. The predicted octanol–water partition coefficient (Wildman–Crippen LogP) is 0.821. The molecular formula is C11H15NOSe. The zero-order valence-electron chi connectivity index (χ0n) is 8.76. The molecule has 0 radical (unpaired) electrons. The van der Waals surface area contributed by atoms with Gasteiger partial charge in [0.2, 0.25) is 0 Å². The van der Waals surface area contributed by atoms with Gasteiger partial charge in [-0.3, -0.25) is 0 Å². The molecule has 0 bridgehead atoms. The van der Waals surface area contributed by atoms with Gasteiger partial charge in [-0.05, 0) is 0 Å². The fourth-order valence-electron chi connectivity index (χ4n) is 1.64. The van der Waals surface area contributed by atoms with Crippen LogP contribution >= 0.6 is 0 Å². The Morgan fingerprint density at radius 1 is 1.43 bits per heavy atom. The first-order valence-electron chi connectivity index (χ1n) is 4.72. The van der Waals surface area contributed by atoms with Crippen LogP contribution in [0.3, 0.4) is 0 Å². The average Bonchev–Trinajstić information content (AvgIpc) is 2.17. The zero-order valence-corrected chi connectivity index (χ0v) is 10.5. The van der Waals surface area contributed by atoms with Crippen molar-refractivity contribution in [1.29, 1.82) is 0 Å². The van der Waals surface area contributed by atoms with Crippen molar-refractivity contribution in [3.8, 4) is 5.75 Å². The molecule has 1 heterocycles. The fraction of sp³-hybridized carbons (Fsp3) is 0.455. The summed E-state index contributed by atoms with van der Waals surface area (Å²) in [5.41, 5.74) is 1.67. The molecule has 76 valence electrons. The molecule has 1 aliphatic rings. The van der Waals surface area contributed by atoms with Crippen LogP contribution in [0, 0.1) is 0 Å². The molecular weight excluding hydrogens is 241 g/mol. The van der Waals surface area contributed by atoms with E-state index in [0.29, 0.717) is 15.2 Å². The van der Waals surface area contributed by atoms with E-state index in [2.05, 4.69) is 30.3 Å². The minimum atomic E-state index is 0.226. The van der Waals surface area contributed by atoms with Crippen molar-refractivity contribution in [1.82, 2.24) is 4.33 Å². The Morgan fingerprint density at radius 2 is 2.21 bits per heavy atom. The number of hydrogen-bond donors (Lipinski definition) is 1. The third-order valence-corrected chi connectivity index (χ3v) is 4.43. The van der Waals surface area contributed by atoms with Gasteiger partial charge in [-0.2, -0.15) is 0 Å². The Balaban J connectivity index is 2.49. The van der Waals surface area contributed by atoms with Gasteiger partial charge in [0.1, 0.15) is 0 Å². The Hall–Kier alpha value is -0.501. The van der Waals surface area contributed by atoms with E-state index in [9.17, 15) is 0 Å². The molecule has 2 rings (SSSR count). The Labute approximate surface area is 91.4 Å². The van der Waals surface area contributed by atoms with Crippen molar-refractivity contribution < 1.29 is 4.74 Å². The van der Waals surface area contributed by atoms with Gasteiger partial charge in [0.15, 0.2) is 0 Å². The summed E-state index contributed by atoms with van der Waals surface area (Å²) in [6.07, 6.45) is 0. The van der Waals surface area contributed by atoms with Crippen molar-refractivity contribution in [2.75, 3.05) is 13.7 Å². The standard InChI is InChI=1S/C11H15NOSe/c1-11(2)7-12-14-10-5-4-8(13-3)6-9(10)11/h4-6,12H,7H2,1-3H3. The second-order valence-electron chi connectivity index (χ2n) is 4.17. The van der Waals surface area contributed by atoms with Crippen molar-refractivity contribution in [2.45, 2.75) is 19.3 Å². The predicted molar refractivity (Wildman–Crippen MR) is 59.4 cm³/mol. The summed E-state index contributed by atoms with van der Waals surface area (Å²) >= 11 is 0.428. The molecule has 0 aromatic heterocycles. The first-order valence-corrected chi connectivity index (χ1v) is 6.43. The van der Waals surface area contributed by atoms with Gasteiger partial charge in [0.05, 0.1) is 0 Å². The first-order chi connectivity index (χ1) is 6.63. The van der Waals surface area contributed by atoms with E-state index in [1.54, 1.807) is 7.11 Å². The minimum absolute atomic E-state index is 0.226. The normalized spacial score (nSPS) is 18.8. The number of hydrogen-bond acceptors (Lipinski definition) is 2. The van der Waals surface area contributed by atoms with Gasteiger partial charge in [-0.15, -0.1) is 0 Å². The van der Waals surface area contributed by atoms with Gasteiger partial charge >= 0.3 is 91.1 Å². The number of nitrogens with one attached hydrogen (secondary N) is 1. The summed E-state index contributed by atoms with van der Waals surface area (Å²) in [6, 6.07) is 6.41. The summed E-state index contributed by atoms with van der Waals surface area (Å²) < 4.78 is 10.2. The molecule has 0 amide bonds. The van der Waals surface area contributed by atoms with Gasteiger partial charge in [0.25, 0.3) is 0 Å². The van der Waals surface area contributed by atoms with Crippen LogP contribution in [0.25, 0.3) is 0 Å². The third-order valence-electron chi connectivity index (χ3n) is 2.61. The van der Waals surface area contributed by atoms with Crippen LogP contribution in [0.1, 0.15) is 19.4 Å². The molecule has 0 fully saturated rings. The first kappa shape index (κ1) is 10.0. The topological polar surface area (TPSA) is 21.3 Å². The Kier molecular flexibility index (Phi) is 2.56. The number of benzene rings is 1. The van der Waals surface area contributed by atoms with E-state index in [0.717, 1.165) is 12.3 Å². The second-order valence-corrected chi connectivity index (χ2v) is 6.13. The van der Waals surface area contributed by atoms with Crippen molar-refractivity contribution >= 4 is 19.6 Å². The van der Waals surface area contributed by atoms with Crippen LogP contribution in [0.15, 0.2) is 18.2 Å². The molecule has 1 N–H and O–H groups in total. The van der Waals surface area contributed by atoms with Gasteiger partial charge < -0.3 is 0 Å². The SMILES string of the molecule is COc1ccc2c(c1)C(C)(C)CN[Se]2. The molecule has 1 aromatic rings. The molecule has 0 atom stereocenters. The van der Waals surface area contributed by atoms with Gasteiger partial charge in [0, 0.05) is 0 Å². The molecule has 0 saturated carbocycles. The molecule has 14 heavy (non-hydrogen) atoms. The van der Waals surface area contributed by atoms with Crippen molar-refractivity contribution in [3.05, 3.63) is 23.8 Å². The molecule has 1 aromatic carbocycles. The van der Waals surface area contributed by atoms with Crippen LogP contribution in [-0.4, -0.2) is 28.8 Å². The van der Waals surface area contributed by atoms with Crippen molar-refractivity contribution in [2.24, 2.45) is 0 Å². The van der Waals surface area contributed by atoms with E-state index in [1.807, 2.05) is 6.07 Å². The van der Waals surface area contributed by atoms with Gasteiger partial charge in [-0.1, -0.05) is 0 Å². The van der Waals surface area contributed by atoms with E-state index in [1.165, 1.54) is 10.0 Å². The summed E-state index contributed by atoms with van der Waals surface area (Å²) in [5, 5.41) is 0. The van der Waals surface area contributed by atoms with E-state index in [4.69, 9.17) is 4.74 Å². The van der Waals surface area contributed by atoms with E-state index < -0.39 is 0 Å². The fourth-order valence-corrected chi connectivity index (χ4v) is 4.10. The molecule has 0 aliphatic carbocycles. The third kappa shape index (κ3) is 1.68. The van der Waals surface area contributed by atoms with Crippen LogP contribution in [0.5, 0.6) is 5.75 Å². The quantitative estimate of drug-likeness (QED) is 0.751. The summed E-state index contributed by atoms with van der Waals surface area (Å²) in [5.74, 6) is 0.967.